The van der Waals surface area contributed by atoms with Gasteiger partial charge in [-0.25, -0.2) is 14.2 Å². The molecule has 1 unspecified atom stereocenters. The molecule has 2 aromatic carbocycles. The fourth-order valence-corrected chi connectivity index (χ4v) is 3.28. The Kier molecular flexibility index (Phi) is 6.22. The molecule has 1 aliphatic heterocycles. The molecule has 0 saturated heterocycles. The third-order valence-electron chi connectivity index (χ3n) is 4.83. The Morgan fingerprint density at radius 3 is 2.41 bits per heavy atom. The van der Waals surface area contributed by atoms with Gasteiger partial charge in [0.05, 0.1) is 17.3 Å². The third kappa shape index (κ3) is 4.77. The van der Waals surface area contributed by atoms with E-state index in [0.29, 0.717) is 23.4 Å². The van der Waals surface area contributed by atoms with Crippen molar-refractivity contribution in [2.24, 2.45) is 11.0 Å². The third-order valence-corrected chi connectivity index (χ3v) is 4.83. The van der Waals surface area contributed by atoms with Crippen molar-refractivity contribution in [2.45, 2.75) is 33.1 Å². The van der Waals surface area contributed by atoms with Crippen LogP contribution in [0.1, 0.15) is 37.3 Å². The molecule has 150 valence electrons. The number of amides is 1. The van der Waals surface area contributed by atoms with Crippen molar-refractivity contribution in [3.63, 3.8) is 0 Å². The molecule has 1 aliphatic rings. The van der Waals surface area contributed by atoms with Crippen molar-refractivity contribution < 1.29 is 19.1 Å². The number of anilines is 1. The fraction of sp³-hybridized carbons (Fsp3) is 0.261. The largest absolute Gasteiger partial charge is 0.478 e. The van der Waals surface area contributed by atoms with Crippen LogP contribution in [0.25, 0.3) is 6.08 Å². The topological polar surface area (TPSA) is 70.0 Å². The summed E-state index contributed by atoms with van der Waals surface area (Å²) in [6.45, 7) is 3.95. The number of halogens is 1. The number of benzene rings is 2. The number of rotatable bonds is 7. The lowest BCUT2D eigenvalue weighted by molar-refractivity contribution is -0.132. The summed E-state index contributed by atoms with van der Waals surface area (Å²) in [7, 11) is 0. The lowest BCUT2D eigenvalue weighted by Crippen LogP contribution is -2.28. The molecule has 1 N–H and O–H groups in total. The number of aryl methyl sites for hydroxylation is 1. The Morgan fingerprint density at radius 1 is 1.17 bits per heavy atom. The van der Waals surface area contributed by atoms with E-state index in [1.54, 1.807) is 0 Å². The second-order valence-corrected chi connectivity index (χ2v) is 7.11. The van der Waals surface area contributed by atoms with E-state index in [1.807, 2.05) is 38.1 Å². The second kappa shape index (κ2) is 8.82. The van der Waals surface area contributed by atoms with Gasteiger partial charge in [0.25, 0.3) is 5.91 Å². The predicted octanol–water partition coefficient (Wildman–Crippen LogP) is 4.81. The number of nitrogens with zero attached hydrogens (tertiary/aromatic N) is 2. The smallest absolute Gasteiger partial charge is 0.331 e. The Hall–Kier alpha value is -3.28. The van der Waals surface area contributed by atoms with Gasteiger partial charge in [0.1, 0.15) is 5.82 Å². The van der Waals surface area contributed by atoms with Gasteiger partial charge in [-0.3, -0.25) is 4.79 Å². The number of hydrogen-bond acceptors (Lipinski definition) is 3. The Morgan fingerprint density at radius 2 is 1.83 bits per heavy atom. The van der Waals surface area contributed by atoms with Crippen LogP contribution in [0.15, 0.2) is 59.2 Å². The van der Waals surface area contributed by atoms with Crippen molar-refractivity contribution in [3.05, 3.63) is 71.0 Å². The molecule has 2 aromatic rings. The van der Waals surface area contributed by atoms with Crippen molar-refractivity contribution in [1.82, 2.24) is 0 Å². The minimum Gasteiger partial charge on any atom is -0.478 e. The van der Waals surface area contributed by atoms with E-state index in [-0.39, 0.29) is 17.9 Å². The van der Waals surface area contributed by atoms with Gasteiger partial charge < -0.3 is 5.11 Å². The standard InChI is InChI=1S/C23H23FN2O3/c1-3-4-21-20(22(27)26(25-21)19-11-5-15(2)6-12-19)14-17(23(28)29)13-16-7-9-18(24)10-8-16/h5-13,20H,3-4,14H2,1-2H3,(H,28,29). The van der Waals surface area contributed by atoms with Crippen LogP contribution in [0.2, 0.25) is 0 Å². The molecule has 3 rings (SSSR count). The van der Waals surface area contributed by atoms with Crippen LogP contribution in [0, 0.1) is 18.7 Å². The van der Waals surface area contributed by atoms with E-state index in [2.05, 4.69) is 5.10 Å². The van der Waals surface area contributed by atoms with Crippen molar-refractivity contribution in [3.8, 4) is 0 Å². The summed E-state index contributed by atoms with van der Waals surface area (Å²) in [4.78, 5) is 24.9. The quantitative estimate of drug-likeness (QED) is 0.685. The van der Waals surface area contributed by atoms with Crippen molar-refractivity contribution in [1.29, 1.82) is 0 Å². The molecule has 0 bridgehead atoms. The first-order valence-corrected chi connectivity index (χ1v) is 9.56. The number of carboxylic acid groups (broad SMARTS) is 1. The maximum Gasteiger partial charge on any atom is 0.331 e. The molecular weight excluding hydrogens is 371 g/mol. The molecule has 0 aromatic heterocycles. The Balaban J connectivity index is 1.89. The van der Waals surface area contributed by atoms with E-state index in [1.165, 1.54) is 35.4 Å². The number of hydrogen-bond donors (Lipinski definition) is 1. The first-order valence-electron chi connectivity index (χ1n) is 9.56. The summed E-state index contributed by atoms with van der Waals surface area (Å²) < 4.78 is 13.1. The zero-order valence-corrected chi connectivity index (χ0v) is 16.4. The lowest BCUT2D eigenvalue weighted by Gasteiger charge is -2.15. The van der Waals surface area contributed by atoms with E-state index in [9.17, 15) is 19.1 Å². The monoisotopic (exact) mass is 394 g/mol. The van der Waals surface area contributed by atoms with Gasteiger partial charge >= 0.3 is 5.97 Å². The molecule has 0 fully saturated rings. The number of aliphatic carboxylic acids is 1. The zero-order chi connectivity index (χ0) is 21.0. The number of carbonyl (C=O) groups excluding carboxylic acids is 1. The van der Waals surface area contributed by atoms with Gasteiger partial charge in [0.2, 0.25) is 0 Å². The summed E-state index contributed by atoms with van der Waals surface area (Å²) in [5, 5.41) is 15.5. The summed E-state index contributed by atoms with van der Waals surface area (Å²) in [5.74, 6) is -2.36. The van der Waals surface area contributed by atoms with Crippen LogP contribution in [0.4, 0.5) is 10.1 Å². The predicted molar refractivity (Wildman–Crippen MR) is 111 cm³/mol. The highest BCUT2D eigenvalue weighted by Gasteiger charge is 2.37. The van der Waals surface area contributed by atoms with Gasteiger partial charge in [0.15, 0.2) is 0 Å². The zero-order valence-electron chi connectivity index (χ0n) is 16.4. The van der Waals surface area contributed by atoms with Gasteiger partial charge in [-0.15, -0.1) is 0 Å². The molecule has 29 heavy (non-hydrogen) atoms. The molecule has 1 amide bonds. The molecule has 0 spiro atoms. The molecule has 1 atom stereocenters. The summed E-state index contributed by atoms with van der Waals surface area (Å²) >= 11 is 0. The van der Waals surface area contributed by atoms with Crippen molar-refractivity contribution in [2.75, 3.05) is 5.01 Å². The Bertz CT molecular complexity index is 963. The van der Waals surface area contributed by atoms with Gasteiger partial charge in [0, 0.05) is 5.57 Å². The lowest BCUT2D eigenvalue weighted by atomic mass is 9.91. The first kappa shape index (κ1) is 20.5. The number of hydrazone groups is 1. The van der Waals surface area contributed by atoms with Crippen LogP contribution in [0.5, 0.6) is 0 Å². The van der Waals surface area contributed by atoms with E-state index in [0.717, 1.165) is 12.0 Å². The summed E-state index contributed by atoms with van der Waals surface area (Å²) in [6, 6.07) is 13.0. The van der Waals surface area contributed by atoms with Crippen LogP contribution in [-0.2, 0) is 9.59 Å². The summed E-state index contributed by atoms with van der Waals surface area (Å²) in [6.07, 6.45) is 2.93. The number of carboxylic acids is 1. The van der Waals surface area contributed by atoms with Crippen LogP contribution >= 0.6 is 0 Å². The highest BCUT2D eigenvalue weighted by Crippen LogP contribution is 2.30. The first-order chi connectivity index (χ1) is 13.9. The molecule has 0 radical (unpaired) electrons. The average molecular weight is 394 g/mol. The van der Waals surface area contributed by atoms with E-state index < -0.39 is 17.7 Å². The SMILES string of the molecule is CCCC1=NN(c2ccc(C)cc2)C(=O)C1CC(=Cc1ccc(F)cc1)C(=O)O. The van der Waals surface area contributed by atoms with Crippen LogP contribution in [0.3, 0.4) is 0 Å². The fourth-order valence-electron chi connectivity index (χ4n) is 3.28. The minimum atomic E-state index is -1.10. The average Bonchev–Trinajstić information content (AvgIpc) is 2.99. The molecule has 0 aliphatic carbocycles. The van der Waals surface area contributed by atoms with Gasteiger partial charge in [-0.05, 0) is 55.7 Å². The maximum absolute atomic E-state index is 13.1. The second-order valence-electron chi connectivity index (χ2n) is 7.11. The Labute approximate surface area is 169 Å². The van der Waals surface area contributed by atoms with E-state index >= 15 is 0 Å². The normalized spacial score (nSPS) is 16.9. The van der Waals surface area contributed by atoms with Crippen LogP contribution < -0.4 is 5.01 Å². The summed E-state index contributed by atoms with van der Waals surface area (Å²) in [5.41, 5.74) is 3.08. The maximum atomic E-state index is 13.1. The molecule has 6 heteroatoms. The molecule has 1 heterocycles. The molecule has 5 nitrogen and oxygen atoms in total. The number of carbonyl (C=O) groups is 2. The molecular formula is C23H23FN2O3. The van der Waals surface area contributed by atoms with Crippen molar-refractivity contribution >= 4 is 29.4 Å². The highest BCUT2D eigenvalue weighted by atomic mass is 19.1. The van der Waals surface area contributed by atoms with E-state index in [4.69, 9.17) is 0 Å². The van der Waals surface area contributed by atoms with Gasteiger partial charge in [-0.2, -0.15) is 5.10 Å². The highest BCUT2D eigenvalue weighted by molar-refractivity contribution is 6.16. The molecule has 0 saturated carbocycles. The van der Waals surface area contributed by atoms with Crippen LogP contribution in [-0.4, -0.2) is 22.7 Å². The minimum absolute atomic E-state index is 0.0345. The van der Waals surface area contributed by atoms with Gasteiger partial charge in [-0.1, -0.05) is 43.2 Å².